The van der Waals surface area contributed by atoms with Gasteiger partial charge in [0.05, 0.1) is 19.3 Å². The number of hydrogen-bond donors (Lipinski definition) is 2. The third kappa shape index (κ3) is 9.03. The molecule has 0 aromatic heterocycles. The van der Waals surface area contributed by atoms with Crippen LogP contribution in [0.2, 0.25) is 0 Å². The molecular formula is C17H29ClN2O2. The fraction of sp³-hybridized carbons (Fsp3) is 0.588. The van der Waals surface area contributed by atoms with E-state index in [1.54, 1.807) is 0 Å². The molecule has 0 saturated carbocycles. The summed E-state index contributed by atoms with van der Waals surface area (Å²) in [6.07, 6.45) is 0.713. The summed E-state index contributed by atoms with van der Waals surface area (Å²) in [7, 11) is 0. The van der Waals surface area contributed by atoms with Crippen LogP contribution in [0.5, 0.6) is 0 Å². The van der Waals surface area contributed by atoms with E-state index in [1.807, 2.05) is 30.3 Å². The van der Waals surface area contributed by atoms with Gasteiger partial charge in [0.25, 0.3) is 0 Å². The van der Waals surface area contributed by atoms with Crippen molar-refractivity contribution in [3.63, 3.8) is 0 Å². The zero-order valence-corrected chi connectivity index (χ0v) is 14.6. The number of carbonyl (C=O) groups excluding carboxylic acids is 1. The molecule has 2 atom stereocenters. The van der Waals surface area contributed by atoms with Gasteiger partial charge in [0.1, 0.15) is 0 Å². The molecule has 0 aliphatic carbocycles. The summed E-state index contributed by atoms with van der Waals surface area (Å²) in [5, 5.41) is 2.89. The maximum Gasteiger partial charge on any atom is 0.236 e. The van der Waals surface area contributed by atoms with Crippen molar-refractivity contribution in [1.29, 1.82) is 0 Å². The summed E-state index contributed by atoms with van der Waals surface area (Å²) in [6, 6.07) is 9.65. The van der Waals surface area contributed by atoms with Gasteiger partial charge in [-0.3, -0.25) is 4.79 Å². The summed E-state index contributed by atoms with van der Waals surface area (Å²) in [5.41, 5.74) is 7.00. The zero-order valence-electron chi connectivity index (χ0n) is 13.7. The van der Waals surface area contributed by atoms with E-state index in [-0.39, 0.29) is 24.2 Å². The monoisotopic (exact) mass is 328 g/mol. The second-order valence-electron chi connectivity index (χ2n) is 6.09. The molecule has 3 N–H and O–H groups in total. The van der Waals surface area contributed by atoms with Crippen molar-refractivity contribution in [1.82, 2.24) is 5.32 Å². The first-order valence-electron chi connectivity index (χ1n) is 7.64. The number of amides is 1. The molecule has 0 heterocycles. The first kappa shape index (κ1) is 20.9. The zero-order chi connectivity index (χ0) is 15.7. The highest BCUT2D eigenvalue weighted by atomic mass is 35.5. The Kier molecular flexibility index (Phi) is 10.9. The SMILES string of the molecule is CC(C)C[C@H](N)C(=O)NCC(C)COCc1ccccc1.Cl. The maximum absolute atomic E-state index is 11.8. The number of halogens is 1. The summed E-state index contributed by atoms with van der Waals surface area (Å²) in [4.78, 5) is 11.8. The topological polar surface area (TPSA) is 64.4 Å². The molecule has 1 aromatic rings. The second kappa shape index (κ2) is 11.5. The molecule has 0 bridgehead atoms. The average Bonchev–Trinajstić information content (AvgIpc) is 2.45. The Morgan fingerprint density at radius 1 is 1.23 bits per heavy atom. The van der Waals surface area contributed by atoms with Gasteiger partial charge in [0, 0.05) is 6.54 Å². The lowest BCUT2D eigenvalue weighted by Gasteiger charge is -2.17. The fourth-order valence-corrected chi connectivity index (χ4v) is 2.03. The van der Waals surface area contributed by atoms with E-state index in [2.05, 4.69) is 26.1 Å². The van der Waals surface area contributed by atoms with Gasteiger partial charge < -0.3 is 15.8 Å². The molecule has 126 valence electrons. The van der Waals surface area contributed by atoms with Crippen molar-refractivity contribution >= 4 is 18.3 Å². The van der Waals surface area contributed by atoms with Crippen LogP contribution in [0.4, 0.5) is 0 Å². The minimum atomic E-state index is -0.414. The standard InChI is InChI=1S/C17H28N2O2.ClH/c1-13(2)9-16(18)17(20)19-10-14(3)11-21-12-15-7-5-4-6-8-15;/h4-8,13-14,16H,9-12,18H2,1-3H3,(H,19,20);1H/t14?,16-;/m0./s1. The lowest BCUT2D eigenvalue weighted by molar-refractivity contribution is -0.122. The number of nitrogens with two attached hydrogens (primary N) is 1. The van der Waals surface area contributed by atoms with Crippen molar-refractivity contribution in [2.75, 3.05) is 13.2 Å². The van der Waals surface area contributed by atoms with E-state index >= 15 is 0 Å². The third-order valence-electron chi connectivity index (χ3n) is 3.20. The number of ether oxygens (including phenoxy) is 1. The predicted molar refractivity (Wildman–Crippen MR) is 93.0 cm³/mol. The maximum atomic E-state index is 11.8. The Morgan fingerprint density at radius 3 is 2.45 bits per heavy atom. The third-order valence-corrected chi connectivity index (χ3v) is 3.20. The number of carbonyl (C=O) groups is 1. The highest BCUT2D eigenvalue weighted by Gasteiger charge is 2.15. The van der Waals surface area contributed by atoms with Gasteiger partial charge in [-0.25, -0.2) is 0 Å². The molecular weight excluding hydrogens is 300 g/mol. The summed E-state index contributed by atoms with van der Waals surface area (Å²) < 4.78 is 5.66. The van der Waals surface area contributed by atoms with Gasteiger partial charge in [-0.05, 0) is 23.8 Å². The largest absolute Gasteiger partial charge is 0.376 e. The molecule has 0 fully saturated rings. The Labute approximate surface area is 140 Å². The molecule has 5 heteroatoms. The van der Waals surface area contributed by atoms with Crippen LogP contribution in [-0.4, -0.2) is 25.1 Å². The molecule has 0 spiro atoms. The van der Waals surface area contributed by atoms with E-state index < -0.39 is 6.04 Å². The van der Waals surface area contributed by atoms with Crippen LogP contribution in [0.1, 0.15) is 32.8 Å². The molecule has 1 rings (SSSR count). The van der Waals surface area contributed by atoms with Crippen LogP contribution >= 0.6 is 12.4 Å². The summed E-state index contributed by atoms with van der Waals surface area (Å²) >= 11 is 0. The molecule has 1 amide bonds. The number of benzene rings is 1. The first-order chi connectivity index (χ1) is 9.99. The Bertz CT molecular complexity index is 412. The molecule has 0 aliphatic rings. The van der Waals surface area contributed by atoms with Crippen LogP contribution in [0.3, 0.4) is 0 Å². The van der Waals surface area contributed by atoms with Crippen LogP contribution in [0.15, 0.2) is 30.3 Å². The normalized spacial score (nSPS) is 13.3. The van der Waals surface area contributed by atoms with Gasteiger partial charge in [0.15, 0.2) is 0 Å². The summed E-state index contributed by atoms with van der Waals surface area (Å²) in [5.74, 6) is 0.625. The van der Waals surface area contributed by atoms with Crippen LogP contribution < -0.4 is 11.1 Å². The van der Waals surface area contributed by atoms with Gasteiger partial charge in [-0.15, -0.1) is 12.4 Å². The van der Waals surface area contributed by atoms with Crippen molar-refractivity contribution in [2.24, 2.45) is 17.6 Å². The average molecular weight is 329 g/mol. The number of hydrogen-bond acceptors (Lipinski definition) is 3. The van der Waals surface area contributed by atoms with Crippen molar-refractivity contribution in [3.05, 3.63) is 35.9 Å². The Balaban J connectivity index is 0.00000441. The van der Waals surface area contributed by atoms with Crippen molar-refractivity contribution < 1.29 is 9.53 Å². The highest BCUT2D eigenvalue weighted by molar-refractivity contribution is 5.85. The molecule has 1 aromatic carbocycles. The highest BCUT2D eigenvalue weighted by Crippen LogP contribution is 2.04. The smallest absolute Gasteiger partial charge is 0.236 e. The van der Waals surface area contributed by atoms with E-state index in [1.165, 1.54) is 0 Å². The molecule has 22 heavy (non-hydrogen) atoms. The fourth-order valence-electron chi connectivity index (χ4n) is 2.03. The van der Waals surface area contributed by atoms with E-state index in [9.17, 15) is 4.79 Å². The van der Waals surface area contributed by atoms with E-state index in [4.69, 9.17) is 10.5 Å². The molecule has 4 nitrogen and oxygen atoms in total. The quantitative estimate of drug-likeness (QED) is 0.732. The van der Waals surface area contributed by atoms with E-state index in [0.29, 0.717) is 32.1 Å². The summed E-state index contributed by atoms with van der Waals surface area (Å²) in [6.45, 7) is 8.00. The predicted octanol–water partition coefficient (Wildman–Crippen LogP) is 2.75. The Morgan fingerprint density at radius 2 is 1.86 bits per heavy atom. The minimum absolute atomic E-state index is 0. The van der Waals surface area contributed by atoms with Crippen LogP contribution in [0, 0.1) is 11.8 Å². The first-order valence-corrected chi connectivity index (χ1v) is 7.64. The van der Waals surface area contributed by atoms with Crippen molar-refractivity contribution in [2.45, 2.75) is 39.8 Å². The number of nitrogens with one attached hydrogen (secondary N) is 1. The molecule has 0 radical (unpaired) electrons. The van der Waals surface area contributed by atoms with E-state index in [0.717, 1.165) is 5.56 Å². The lowest BCUT2D eigenvalue weighted by Crippen LogP contribution is -2.43. The van der Waals surface area contributed by atoms with Gasteiger partial charge in [-0.2, -0.15) is 0 Å². The Hall–Kier alpha value is -1.10. The van der Waals surface area contributed by atoms with Gasteiger partial charge >= 0.3 is 0 Å². The minimum Gasteiger partial charge on any atom is -0.376 e. The van der Waals surface area contributed by atoms with Crippen LogP contribution in [0.25, 0.3) is 0 Å². The molecule has 0 aliphatic heterocycles. The molecule has 1 unspecified atom stereocenters. The number of rotatable bonds is 9. The van der Waals surface area contributed by atoms with Crippen LogP contribution in [-0.2, 0) is 16.1 Å². The lowest BCUT2D eigenvalue weighted by atomic mass is 10.0. The van der Waals surface area contributed by atoms with Gasteiger partial charge in [0.2, 0.25) is 5.91 Å². The molecule has 0 saturated heterocycles. The van der Waals surface area contributed by atoms with Crippen molar-refractivity contribution in [3.8, 4) is 0 Å². The second-order valence-corrected chi connectivity index (χ2v) is 6.09. The van der Waals surface area contributed by atoms with Gasteiger partial charge in [-0.1, -0.05) is 51.1 Å².